The first-order valence-corrected chi connectivity index (χ1v) is 6.83. The van der Waals surface area contributed by atoms with Crippen LogP contribution in [0.1, 0.15) is 11.1 Å². The number of nitrogens with one attached hydrogen (secondary N) is 2. The number of carbonyl (C=O) groups is 2. The van der Waals surface area contributed by atoms with E-state index in [0.717, 1.165) is 18.3 Å². The van der Waals surface area contributed by atoms with Crippen LogP contribution in [0.4, 0.5) is 23.2 Å². The monoisotopic (exact) mass is 353 g/mol. The number of amides is 2. The van der Waals surface area contributed by atoms with Crippen molar-refractivity contribution in [2.45, 2.75) is 6.18 Å². The summed E-state index contributed by atoms with van der Waals surface area (Å²) in [7, 11) is 0. The van der Waals surface area contributed by atoms with Crippen LogP contribution in [0, 0.1) is 5.82 Å². The third-order valence-electron chi connectivity index (χ3n) is 2.93. The standard InChI is InChI=1S/C16H11F4N3O2/c17-13-7-2-1-4-10(13)9-21-23-15(25)14(24)22-12-6-3-5-11(8-12)16(18,19)20/h1-9H,(H,22,24)(H,23,25)/b21-9+. The molecule has 0 spiro atoms. The Bertz CT molecular complexity index is 819. The van der Waals surface area contributed by atoms with E-state index in [0.29, 0.717) is 6.07 Å². The fraction of sp³-hybridized carbons (Fsp3) is 0.0625. The van der Waals surface area contributed by atoms with E-state index in [-0.39, 0.29) is 11.3 Å². The molecular weight excluding hydrogens is 342 g/mol. The van der Waals surface area contributed by atoms with Gasteiger partial charge in [0, 0.05) is 11.3 Å². The lowest BCUT2D eigenvalue weighted by molar-refractivity contribution is -0.137. The lowest BCUT2D eigenvalue weighted by atomic mass is 10.2. The molecule has 2 N–H and O–H groups in total. The molecule has 25 heavy (non-hydrogen) atoms. The lowest BCUT2D eigenvalue weighted by Crippen LogP contribution is -2.32. The first kappa shape index (κ1) is 18.1. The van der Waals surface area contributed by atoms with Crippen molar-refractivity contribution in [3.63, 3.8) is 0 Å². The van der Waals surface area contributed by atoms with Gasteiger partial charge in [-0.25, -0.2) is 9.82 Å². The van der Waals surface area contributed by atoms with E-state index in [1.165, 1.54) is 24.3 Å². The molecule has 0 aliphatic heterocycles. The van der Waals surface area contributed by atoms with Crippen LogP contribution in [-0.4, -0.2) is 18.0 Å². The fourth-order valence-corrected chi connectivity index (χ4v) is 1.75. The van der Waals surface area contributed by atoms with Crippen LogP contribution in [0.2, 0.25) is 0 Å². The zero-order valence-electron chi connectivity index (χ0n) is 12.5. The Labute approximate surface area is 139 Å². The zero-order valence-corrected chi connectivity index (χ0v) is 12.5. The Kier molecular flexibility index (Phi) is 5.48. The van der Waals surface area contributed by atoms with Gasteiger partial charge in [0.25, 0.3) is 0 Å². The molecule has 0 unspecified atom stereocenters. The average molecular weight is 353 g/mol. The largest absolute Gasteiger partial charge is 0.416 e. The quantitative estimate of drug-likeness (QED) is 0.386. The molecule has 2 aromatic rings. The summed E-state index contributed by atoms with van der Waals surface area (Å²) in [6, 6.07) is 9.40. The Morgan fingerprint density at radius 2 is 1.72 bits per heavy atom. The average Bonchev–Trinajstić information content (AvgIpc) is 2.56. The molecule has 0 heterocycles. The number of alkyl halides is 3. The molecule has 0 saturated carbocycles. The van der Waals surface area contributed by atoms with Gasteiger partial charge in [0.1, 0.15) is 5.82 Å². The summed E-state index contributed by atoms with van der Waals surface area (Å²) in [4.78, 5) is 23.2. The van der Waals surface area contributed by atoms with Crippen molar-refractivity contribution in [1.82, 2.24) is 5.43 Å². The SMILES string of the molecule is O=C(N/N=C/c1ccccc1F)C(=O)Nc1cccc(C(F)(F)F)c1. The summed E-state index contributed by atoms with van der Waals surface area (Å²) >= 11 is 0. The predicted octanol–water partition coefficient (Wildman–Crippen LogP) is 2.93. The van der Waals surface area contributed by atoms with E-state index in [1.807, 2.05) is 10.7 Å². The smallest absolute Gasteiger partial charge is 0.318 e. The summed E-state index contributed by atoms with van der Waals surface area (Å²) < 4.78 is 51.1. The normalized spacial score (nSPS) is 11.4. The molecule has 0 bridgehead atoms. The van der Waals surface area contributed by atoms with Crippen LogP contribution in [0.5, 0.6) is 0 Å². The van der Waals surface area contributed by atoms with Gasteiger partial charge in [-0.1, -0.05) is 24.3 Å². The molecule has 2 amide bonds. The zero-order chi connectivity index (χ0) is 18.4. The van der Waals surface area contributed by atoms with Crippen LogP contribution >= 0.6 is 0 Å². The molecule has 0 aromatic heterocycles. The van der Waals surface area contributed by atoms with Gasteiger partial charge in [-0.2, -0.15) is 18.3 Å². The van der Waals surface area contributed by atoms with E-state index in [9.17, 15) is 27.2 Å². The number of hydrogen-bond acceptors (Lipinski definition) is 3. The van der Waals surface area contributed by atoms with Crippen LogP contribution in [0.15, 0.2) is 53.6 Å². The first-order valence-electron chi connectivity index (χ1n) is 6.83. The number of benzene rings is 2. The molecule has 130 valence electrons. The fourth-order valence-electron chi connectivity index (χ4n) is 1.75. The van der Waals surface area contributed by atoms with Crippen LogP contribution in [0.3, 0.4) is 0 Å². The van der Waals surface area contributed by atoms with Gasteiger partial charge in [0.2, 0.25) is 0 Å². The van der Waals surface area contributed by atoms with E-state index >= 15 is 0 Å². The van der Waals surface area contributed by atoms with Gasteiger partial charge < -0.3 is 5.32 Å². The van der Waals surface area contributed by atoms with Gasteiger partial charge >= 0.3 is 18.0 Å². The van der Waals surface area contributed by atoms with Gasteiger partial charge in [-0.3, -0.25) is 9.59 Å². The topological polar surface area (TPSA) is 70.6 Å². The van der Waals surface area contributed by atoms with Crippen LogP contribution in [0.25, 0.3) is 0 Å². The molecule has 0 saturated heterocycles. The maximum atomic E-state index is 13.3. The molecule has 2 aromatic carbocycles. The second kappa shape index (κ2) is 7.56. The van der Waals surface area contributed by atoms with Crippen molar-refractivity contribution in [3.05, 3.63) is 65.5 Å². The summed E-state index contributed by atoms with van der Waals surface area (Å²) in [5, 5.41) is 5.43. The Balaban J connectivity index is 1.97. The number of hydrazone groups is 1. The van der Waals surface area contributed by atoms with E-state index in [2.05, 4.69) is 5.10 Å². The van der Waals surface area contributed by atoms with Gasteiger partial charge in [0.15, 0.2) is 0 Å². The number of nitrogens with zero attached hydrogens (tertiary/aromatic N) is 1. The summed E-state index contributed by atoms with van der Waals surface area (Å²) in [5.41, 5.74) is 0.767. The van der Waals surface area contributed by atoms with Crippen molar-refractivity contribution >= 4 is 23.7 Å². The molecule has 0 aliphatic rings. The molecule has 0 fully saturated rings. The van der Waals surface area contributed by atoms with Gasteiger partial charge in [-0.05, 0) is 24.3 Å². The van der Waals surface area contributed by atoms with E-state index < -0.39 is 29.4 Å². The maximum absolute atomic E-state index is 13.3. The summed E-state index contributed by atoms with van der Waals surface area (Å²) in [6.07, 6.45) is -3.59. The highest BCUT2D eigenvalue weighted by Gasteiger charge is 2.30. The summed E-state index contributed by atoms with van der Waals surface area (Å²) in [5.74, 6) is -3.01. The minimum Gasteiger partial charge on any atom is -0.318 e. The third kappa shape index (κ3) is 5.13. The van der Waals surface area contributed by atoms with Crippen molar-refractivity contribution in [2.75, 3.05) is 5.32 Å². The van der Waals surface area contributed by atoms with Crippen molar-refractivity contribution in [3.8, 4) is 0 Å². The molecule has 2 rings (SSSR count). The third-order valence-corrected chi connectivity index (χ3v) is 2.93. The number of anilines is 1. The number of rotatable bonds is 3. The number of carbonyl (C=O) groups excluding carboxylic acids is 2. The van der Waals surface area contributed by atoms with Gasteiger partial charge in [-0.15, -0.1) is 0 Å². The number of hydrogen-bond donors (Lipinski definition) is 2. The Morgan fingerprint density at radius 3 is 2.40 bits per heavy atom. The van der Waals surface area contributed by atoms with E-state index in [1.54, 1.807) is 6.07 Å². The van der Waals surface area contributed by atoms with Crippen LogP contribution in [-0.2, 0) is 15.8 Å². The van der Waals surface area contributed by atoms with Crippen molar-refractivity contribution in [1.29, 1.82) is 0 Å². The highest BCUT2D eigenvalue weighted by atomic mass is 19.4. The first-order chi connectivity index (χ1) is 11.8. The second-order valence-corrected chi connectivity index (χ2v) is 4.75. The summed E-state index contributed by atoms with van der Waals surface area (Å²) in [6.45, 7) is 0. The van der Waals surface area contributed by atoms with Crippen LogP contribution < -0.4 is 10.7 Å². The molecule has 0 aliphatic carbocycles. The molecular formula is C16H11F4N3O2. The molecule has 9 heteroatoms. The van der Waals surface area contributed by atoms with E-state index in [4.69, 9.17) is 0 Å². The highest BCUT2D eigenvalue weighted by Crippen LogP contribution is 2.30. The van der Waals surface area contributed by atoms with Crippen molar-refractivity contribution < 1.29 is 27.2 Å². The second-order valence-electron chi connectivity index (χ2n) is 4.75. The lowest BCUT2D eigenvalue weighted by Gasteiger charge is -2.09. The Morgan fingerprint density at radius 1 is 1.00 bits per heavy atom. The molecule has 0 atom stereocenters. The number of halogens is 4. The predicted molar refractivity (Wildman–Crippen MR) is 82.2 cm³/mol. The van der Waals surface area contributed by atoms with Crippen molar-refractivity contribution in [2.24, 2.45) is 5.10 Å². The molecule has 5 nitrogen and oxygen atoms in total. The maximum Gasteiger partial charge on any atom is 0.416 e. The highest BCUT2D eigenvalue weighted by molar-refractivity contribution is 6.39. The van der Waals surface area contributed by atoms with Gasteiger partial charge in [0.05, 0.1) is 11.8 Å². The Hall–Kier alpha value is -3.23. The minimum atomic E-state index is -4.58. The molecule has 0 radical (unpaired) electrons. The minimum absolute atomic E-state index is 0.0843.